The van der Waals surface area contributed by atoms with Gasteiger partial charge in [-0.1, -0.05) is 12.1 Å². The molecule has 19 heavy (non-hydrogen) atoms. The molecule has 0 aliphatic carbocycles. The zero-order valence-corrected chi connectivity index (χ0v) is 10.8. The first kappa shape index (κ1) is 14.9. The van der Waals surface area contributed by atoms with Gasteiger partial charge in [0, 0.05) is 19.7 Å². The zero-order chi connectivity index (χ0) is 14.4. The normalized spacial score (nSPS) is 10.2. The van der Waals surface area contributed by atoms with E-state index in [1.807, 2.05) is 0 Å². The molecule has 1 N–H and O–H groups in total. The Bertz CT molecular complexity index is 475. The summed E-state index contributed by atoms with van der Waals surface area (Å²) in [5.74, 6) is -1.05. The molecule has 1 rings (SSSR count). The minimum Gasteiger partial charge on any atom is -0.480 e. The predicted octanol–water partition coefficient (Wildman–Crippen LogP) is 1.44. The standard InChI is InChI=1S/C12H16N2O5/c1-9-4-3-5-10(14(17)18)12(9)13(6-7-19-2)8-11(15)16/h3-5H,6-8H2,1-2H3,(H,15,16). The Hall–Kier alpha value is -2.15. The van der Waals surface area contributed by atoms with E-state index in [4.69, 9.17) is 9.84 Å². The molecule has 0 aliphatic rings. The summed E-state index contributed by atoms with van der Waals surface area (Å²) in [4.78, 5) is 22.9. The lowest BCUT2D eigenvalue weighted by molar-refractivity contribution is -0.384. The summed E-state index contributed by atoms with van der Waals surface area (Å²) >= 11 is 0. The van der Waals surface area contributed by atoms with Gasteiger partial charge in [-0.2, -0.15) is 0 Å². The van der Waals surface area contributed by atoms with E-state index in [0.717, 1.165) is 0 Å². The molecule has 7 heteroatoms. The molecule has 1 aromatic rings. The Labute approximate surface area is 110 Å². The van der Waals surface area contributed by atoms with Gasteiger partial charge in [0.2, 0.25) is 0 Å². The van der Waals surface area contributed by atoms with Crippen LogP contribution in [0.25, 0.3) is 0 Å². The van der Waals surface area contributed by atoms with E-state index in [0.29, 0.717) is 17.9 Å². The van der Waals surface area contributed by atoms with Crippen LogP contribution in [-0.2, 0) is 9.53 Å². The van der Waals surface area contributed by atoms with Gasteiger partial charge in [-0.25, -0.2) is 0 Å². The van der Waals surface area contributed by atoms with Crippen LogP contribution in [-0.4, -0.2) is 42.8 Å². The fourth-order valence-electron chi connectivity index (χ4n) is 1.84. The average molecular weight is 268 g/mol. The number of nitro groups is 1. The number of hydrogen-bond acceptors (Lipinski definition) is 5. The summed E-state index contributed by atoms with van der Waals surface area (Å²) in [6.45, 7) is 1.96. The van der Waals surface area contributed by atoms with Crippen molar-refractivity contribution in [3.63, 3.8) is 0 Å². The van der Waals surface area contributed by atoms with Gasteiger partial charge in [-0.15, -0.1) is 0 Å². The minimum absolute atomic E-state index is 0.0997. The number of carboxylic acids is 1. The van der Waals surface area contributed by atoms with E-state index in [9.17, 15) is 14.9 Å². The van der Waals surface area contributed by atoms with Gasteiger partial charge in [-0.05, 0) is 12.5 Å². The molecule has 1 aromatic carbocycles. The number of aryl methyl sites for hydroxylation is 1. The summed E-state index contributed by atoms with van der Waals surface area (Å²) < 4.78 is 4.91. The molecule has 0 aliphatic heterocycles. The Balaban J connectivity index is 3.19. The smallest absolute Gasteiger partial charge is 0.323 e. The zero-order valence-electron chi connectivity index (χ0n) is 10.8. The second kappa shape index (κ2) is 6.69. The molecule has 0 aromatic heterocycles. The second-order valence-electron chi connectivity index (χ2n) is 4.01. The highest BCUT2D eigenvalue weighted by atomic mass is 16.6. The number of carbonyl (C=O) groups is 1. The van der Waals surface area contributed by atoms with Gasteiger partial charge in [0.1, 0.15) is 12.2 Å². The quantitative estimate of drug-likeness (QED) is 0.594. The van der Waals surface area contributed by atoms with Crippen LogP contribution >= 0.6 is 0 Å². The van der Waals surface area contributed by atoms with Gasteiger partial charge >= 0.3 is 5.97 Å². The van der Waals surface area contributed by atoms with Crippen molar-refractivity contribution in [3.05, 3.63) is 33.9 Å². The number of hydrogen-bond donors (Lipinski definition) is 1. The van der Waals surface area contributed by atoms with Crippen molar-refractivity contribution < 1.29 is 19.6 Å². The second-order valence-corrected chi connectivity index (χ2v) is 4.01. The maximum atomic E-state index is 11.0. The van der Waals surface area contributed by atoms with E-state index in [-0.39, 0.29) is 18.8 Å². The van der Waals surface area contributed by atoms with Crippen LogP contribution in [0.15, 0.2) is 18.2 Å². The van der Waals surface area contributed by atoms with Crippen LogP contribution in [0.3, 0.4) is 0 Å². The number of rotatable bonds is 7. The molecule has 0 unspecified atom stereocenters. The molecular formula is C12H16N2O5. The predicted molar refractivity (Wildman–Crippen MR) is 69.6 cm³/mol. The molecule has 0 heterocycles. The average Bonchev–Trinajstić information content (AvgIpc) is 2.33. The van der Waals surface area contributed by atoms with Crippen LogP contribution in [0.5, 0.6) is 0 Å². The highest BCUT2D eigenvalue weighted by molar-refractivity contribution is 5.77. The van der Waals surface area contributed by atoms with Crippen molar-refractivity contribution >= 4 is 17.3 Å². The molecule has 0 fully saturated rings. The maximum absolute atomic E-state index is 11.0. The first-order valence-corrected chi connectivity index (χ1v) is 5.67. The van der Waals surface area contributed by atoms with Gasteiger partial charge in [0.25, 0.3) is 5.69 Å². The molecule has 0 radical (unpaired) electrons. The number of anilines is 1. The number of benzene rings is 1. The molecule has 0 saturated heterocycles. The Morgan fingerprint density at radius 1 is 1.53 bits per heavy atom. The van der Waals surface area contributed by atoms with Gasteiger partial charge < -0.3 is 14.7 Å². The number of nitrogens with zero attached hydrogens (tertiary/aromatic N) is 2. The molecule has 0 atom stereocenters. The Morgan fingerprint density at radius 3 is 2.74 bits per heavy atom. The lowest BCUT2D eigenvalue weighted by atomic mass is 10.1. The van der Waals surface area contributed by atoms with Crippen LogP contribution in [0, 0.1) is 17.0 Å². The summed E-state index contributed by atoms with van der Waals surface area (Å²) in [5.41, 5.74) is 0.885. The number of carboxylic acid groups (broad SMARTS) is 1. The van der Waals surface area contributed by atoms with E-state index >= 15 is 0 Å². The topological polar surface area (TPSA) is 92.9 Å². The maximum Gasteiger partial charge on any atom is 0.323 e. The SMILES string of the molecule is COCCN(CC(=O)O)c1c(C)cccc1[N+](=O)[O-]. The van der Waals surface area contributed by atoms with Crippen LogP contribution in [0.4, 0.5) is 11.4 Å². The molecule has 7 nitrogen and oxygen atoms in total. The summed E-state index contributed by atoms with van der Waals surface area (Å²) in [5, 5.41) is 20.0. The number of ether oxygens (including phenoxy) is 1. The minimum atomic E-state index is -1.05. The molecule has 0 amide bonds. The summed E-state index contributed by atoms with van der Waals surface area (Å²) in [6.07, 6.45) is 0. The number of aliphatic carboxylic acids is 1. The van der Waals surface area contributed by atoms with Gasteiger partial charge in [0.05, 0.1) is 11.5 Å². The molecular weight excluding hydrogens is 252 g/mol. The van der Waals surface area contributed by atoms with Crippen LogP contribution in [0.1, 0.15) is 5.56 Å². The first-order chi connectivity index (χ1) is 8.97. The van der Waals surface area contributed by atoms with Crippen molar-refractivity contribution in [2.75, 3.05) is 31.7 Å². The molecule has 104 valence electrons. The fraction of sp³-hybridized carbons (Fsp3) is 0.417. The molecule has 0 spiro atoms. The molecule has 0 saturated carbocycles. The van der Waals surface area contributed by atoms with Crippen molar-refractivity contribution in [3.8, 4) is 0 Å². The van der Waals surface area contributed by atoms with Gasteiger partial charge in [0.15, 0.2) is 0 Å². The summed E-state index contributed by atoms with van der Waals surface area (Å²) in [7, 11) is 1.49. The monoisotopic (exact) mass is 268 g/mol. The first-order valence-electron chi connectivity index (χ1n) is 5.67. The number of para-hydroxylation sites is 1. The Kier molecular flexibility index (Phi) is 5.25. The van der Waals surface area contributed by atoms with Gasteiger partial charge in [-0.3, -0.25) is 14.9 Å². The highest BCUT2D eigenvalue weighted by Gasteiger charge is 2.22. The third-order valence-electron chi connectivity index (χ3n) is 2.62. The van der Waals surface area contributed by atoms with Crippen LogP contribution in [0.2, 0.25) is 0 Å². The van der Waals surface area contributed by atoms with Crippen LogP contribution < -0.4 is 4.90 Å². The largest absolute Gasteiger partial charge is 0.480 e. The lowest BCUT2D eigenvalue weighted by Gasteiger charge is -2.23. The van der Waals surface area contributed by atoms with E-state index in [1.165, 1.54) is 18.1 Å². The lowest BCUT2D eigenvalue weighted by Crippen LogP contribution is -2.33. The third kappa shape index (κ3) is 3.92. The van der Waals surface area contributed by atoms with E-state index in [2.05, 4.69) is 0 Å². The fourth-order valence-corrected chi connectivity index (χ4v) is 1.84. The van der Waals surface area contributed by atoms with Crippen molar-refractivity contribution in [1.29, 1.82) is 0 Å². The highest BCUT2D eigenvalue weighted by Crippen LogP contribution is 2.31. The van der Waals surface area contributed by atoms with Crippen molar-refractivity contribution in [2.24, 2.45) is 0 Å². The van der Waals surface area contributed by atoms with E-state index in [1.54, 1.807) is 19.1 Å². The number of methoxy groups -OCH3 is 1. The van der Waals surface area contributed by atoms with Crippen molar-refractivity contribution in [1.82, 2.24) is 0 Å². The third-order valence-corrected chi connectivity index (χ3v) is 2.62. The molecule has 0 bridgehead atoms. The Morgan fingerprint density at radius 2 is 2.21 bits per heavy atom. The number of nitro benzene ring substituents is 1. The summed E-state index contributed by atoms with van der Waals surface area (Å²) in [6, 6.07) is 4.65. The van der Waals surface area contributed by atoms with E-state index < -0.39 is 10.9 Å². The van der Waals surface area contributed by atoms with Crippen molar-refractivity contribution in [2.45, 2.75) is 6.92 Å².